The Balaban J connectivity index is 2.68. The van der Waals surface area contributed by atoms with E-state index in [0.29, 0.717) is 18.9 Å². The van der Waals surface area contributed by atoms with Crippen LogP contribution >= 0.6 is 0 Å². The van der Waals surface area contributed by atoms with Crippen molar-refractivity contribution in [1.29, 1.82) is 5.26 Å². The monoisotopic (exact) mass is 272 g/mol. The van der Waals surface area contributed by atoms with Gasteiger partial charge in [-0.15, -0.1) is 0 Å². The van der Waals surface area contributed by atoms with Gasteiger partial charge in [-0.25, -0.2) is 0 Å². The molecule has 20 heavy (non-hydrogen) atoms. The number of nitrogens with zero attached hydrogens (tertiary/aromatic N) is 1. The molecular weight excluding hydrogens is 256 g/mol. The first kappa shape index (κ1) is 15.3. The van der Waals surface area contributed by atoms with E-state index in [2.05, 4.69) is 11.9 Å². The second-order valence-corrected chi connectivity index (χ2v) is 3.74. The maximum atomic E-state index is 11.8. The minimum absolute atomic E-state index is 0.0359. The zero-order valence-corrected chi connectivity index (χ0v) is 11.3. The molecule has 1 aromatic rings. The summed E-state index contributed by atoms with van der Waals surface area (Å²) in [5.41, 5.74) is 0.786. The molecule has 0 spiro atoms. The molecule has 0 aliphatic rings. The maximum absolute atomic E-state index is 11.8. The molecule has 5 nitrogen and oxygen atoms in total. The SMILES string of the molecule is C=COCCNC(=O)/C(C#N)=C\c1ccc(OC)cc1. The standard InChI is InChI=1S/C15H16N2O3/c1-3-20-9-8-17-15(18)13(11-16)10-12-4-6-14(19-2)7-5-12/h3-7,10H,1,8-9H2,2H3,(H,17,18)/b13-10-. The van der Waals surface area contributed by atoms with Crippen LogP contribution in [0.2, 0.25) is 0 Å². The lowest BCUT2D eigenvalue weighted by atomic mass is 10.1. The molecule has 104 valence electrons. The summed E-state index contributed by atoms with van der Waals surface area (Å²) < 4.78 is 9.91. The molecule has 0 radical (unpaired) electrons. The van der Waals surface area contributed by atoms with Crippen molar-refractivity contribution >= 4 is 12.0 Å². The van der Waals surface area contributed by atoms with E-state index in [0.717, 1.165) is 5.56 Å². The molecule has 0 fully saturated rings. The number of benzene rings is 1. The van der Waals surface area contributed by atoms with Gasteiger partial charge in [0, 0.05) is 0 Å². The van der Waals surface area contributed by atoms with Gasteiger partial charge in [-0.2, -0.15) is 5.26 Å². The molecule has 0 saturated carbocycles. The van der Waals surface area contributed by atoms with Crippen LogP contribution in [0, 0.1) is 11.3 Å². The van der Waals surface area contributed by atoms with E-state index in [-0.39, 0.29) is 5.57 Å². The van der Waals surface area contributed by atoms with Crippen molar-refractivity contribution in [3.8, 4) is 11.8 Å². The van der Waals surface area contributed by atoms with Crippen molar-refractivity contribution < 1.29 is 14.3 Å². The number of ether oxygens (including phenoxy) is 2. The van der Waals surface area contributed by atoms with E-state index in [1.807, 2.05) is 6.07 Å². The average Bonchev–Trinajstić information content (AvgIpc) is 2.49. The van der Waals surface area contributed by atoms with Crippen LogP contribution in [0.4, 0.5) is 0 Å². The maximum Gasteiger partial charge on any atom is 0.262 e. The Labute approximate surface area is 118 Å². The number of carbonyl (C=O) groups is 1. The molecule has 0 heterocycles. The average molecular weight is 272 g/mol. The van der Waals surface area contributed by atoms with Gasteiger partial charge in [-0.3, -0.25) is 4.79 Å². The Morgan fingerprint density at radius 3 is 2.70 bits per heavy atom. The van der Waals surface area contributed by atoms with Crippen molar-refractivity contribution in [2.24, 2.45) is 0 Å². The lowest BCUT2D eigenvalue weighted by molar-refractivity contribution is -0.117. The molecule has 0 aliphatic carbocycles. The minimum Gasteiger partial charge on any atom is -0.500 e. The van der Waals surface area contributed by atoms with Crippen molar-refractivity contribution in [2.75, 3.05) is 20.3 Å². The van der Waals surface area contributed by atoms with E-state index < -0.39 is 5.91 Å². The molecule has 1 rings (SSSR count). The van der Waals surface area contributed by atoms with E-state index in [1.165, 1.54) is 12.3 Å². The molecule has 1 amide bonds. The predicted octanol–water partition coefficient (Wildman–Crippen LogP) is 1.88. The summed E-state index contributed by atoms with van der Waals surface area (Å²) >= 11 is 0. The molecule has 1 aromatic carbocycles. The van der Waals surface area contributed by atoms with Crippen molar-refractivity contribution in [3.63, 3.8) is 0 Å². The Morgan fingerprint density at radius 2 is 2.15 bits per heavy atom. The van der Waals surface area contributed by atoms with Gasteiger partial charge in [-0.1, -0.05) is 18.7 Å². The van der Waals surface area contributed by atoms with E-state index in [4.69, 9.17) is 14.7 Å². The number of rotatable bonds is 7. The van der Waals surface area contributed by atoms with E-state index in [9.17, 15) is 4.79 Å². The lowest BCUT2D eigenvalue weighted by Crippen LogP contribution is -2.27. The second kappa shape index (κ2) is 8.38. The summed E-state index contributed by atoms with van der Waals surface area (Å²) in [4.78, 5) is 11.8. The molecular formula is C15H16N2O3. The van der Waals surface area contributed by atoms with Crippen molar-refractivity contribution in [1.82, 2.24) is 5.32 Å². The number of methoxy groups -OCH3 is 1. The molecule has 1 N–H and O–H groups in total. The third-order valence-electron chi connectivity index (χ3n) is 2.42. The molecule has 0 saturated heterocycles. The zero-order valence-electron chi connectivity index (χ0n) is 11.3. The zero-order chi connectivity index (χ0) is 14.8. The number of hydrogen-bond donors (Lipinski definition) is 1. The van der Waals surface area contributed by atoms with Gasteiger partial charge in [-0.05, 0) is 23.8 Å². The van der Waals surface area contributed by atoms with Crippen LogP contribution in [-0.2, 0) is 9.53 Å². The van der Waals surface area contributed by atoms with E-state index in [1.54, 1.807) is 31.4 Å². The van der Waals surface area contributed by atoms with Gasteiger partial charge in [0.15, 0.2) is 0 Å². The Kier molecular flexibility index (Phi) is 6.42. The van der Waals surface area contributed by atoms with Crippen LogP contribution in [0.5, 0.6) is 5.75 Å². The Morgan fingerprint density at radius 1 is 1.45 bits per heavy atom. The van der Waals surface area contributed by atoms with Gasteiger partial charge in [0.05, 0.1) is 19.9 Å². The second-order valence-electron chi connectivity index (χ2n) is 3.74. The van der Waals surface area contributed by atoms with Crippen LogP contribution in [-0.4, -0.2) is 26.2 Å². The lowest BCUT2D eigenvalue weighted by Gasteiger charge is -2.04. The third kappa shape index (κ3) is 4.86. The van der Waals surface area contributed by atoms with Crippen LogP contribution in [0.1, 0.15) is 5.56 Å². The fraction of sp³-hybridized carbons (Fsp3) is 0.200. The van der Waals surface area contributed by atoms with Crippen LogP contribution < -0.4 is 10.1 Å². The van der Waals surface area contributed by atoms with Crippen LogP contribution in [0.25, 0.3) is 6.08 Å². The minimum atomic E-state index is -0.434. The van der Waals surface area contributed by atoms with Gasteiger partial charge in [0.1, 0.15) is 24.0 Å². The van der Waals surface area contributed by atoms with Crippen molar-refractivity contribution in [2.45, 2.75) is 0 Å². The van der Waals surface area contributed by atoms with Gasteiger partial charge < -0.3 is 14.8 Å². The number of hydrogen-bond acceptors (Lipinski definition) is 4. The van der Waals surface area contributed by atoms with Crippen LogP contribution in [0.3, 0.4) is 0 Å². The molecule has 0 bridgehead atoms. The normalized spacial score (nSPS) is 10.3. The topological polar surface area (TPSA) is 71.3 Å². The van der Waals surface area contributed by atoms with Gasteiger partial charge in [0.25, 0.3) is 5.91 Å². The summed E-state index contributed by atoms with van der Waals surface area (Å²) in [7, 11) is 1.57. The van der Waals surface area contributed by atoms with Crippen molar-refractivity contribution in [3.05, 3.63) is 48.2 Å². The number of carbonyl (C=O) groups excluding carboxylic acids is 1. The first-order valence-corrected chi connectivity index (χ1v) is 5.97. The molecule has 0 aromatic heterocycles. The van der Waals surface area contributed by atoms with Crippen LogP contribution in [0.15, 0.2) is 42.7 Å². The summed E-state index contributed by atoms with van der Waals surface area (Å²) in [5.74, 6) is 0.280. The highest BCUT2D eigenvalue weighted by Crippen LogP contribution is 2.13. The summed E-state index contributed by atoms with van der Waals surface area (Å²) in [5, 5.41) is 11.6. The fourth-order valence-corrected chi connectivity index (χ4v) is 1.42. The molecule has 5 heteroatoms. The first-order valence-electron chi connectivity index (χ1n) is 5.97. The fourth-order valence-electron chi connectivity index (χ4n) is 1.42. The Bertz CT molecular complexity index is 527. The number of nitrogens with one attached hydrogen (secondary N) is 1. The first-order chi connectivity index (χ1) is 9.71. The quantitative estimate of drug-likeness (QED) is 0.356. The Hall–Kier alpha value is -2.74. The van der Waals surface area contributed by atoms with Gasteiger partial charge >= 0.3 is 0 Å². The van der Waals surface area contributed by atoms with Gasteiger partial charge in [0.2, 0.25) is 0 Å². The highest BCUT2D eigenvalue weighted by atomic mass is 16.5. The molecule has 0 unspecified atom stereocenters. The summed E-state index contributed by atoms with van der Waals surface area (Å²) in [6, 6.07) is 8.93. The highest BCUT2D eigenvalue weighted by Gasteiger charge is 2.08. The molecule has 0 aliphatic heterocycles. The summed E-state index contributed by atoms with van der Waals surface area (Å²) in [6.07, 6.45) is 2.81. The molecule has 0 atom stereocenters. The van der Waals surface area contributed by atoms with E-state index >= 15 is 0 Å². The summed E-state index contributed by atoms with van der Waals surface area (Å²) in [6.45, 7) is 4.02. The smallest absolute Gasteiger partial charge is 0.262 e. The largest absolute Gasteiger partial charge is 0.500 e. The third-order valence-corrected chi connectivity index (χ3v) is 2.42. The number of amides is 1. The highest BCUT2D eigenvalue weighted by molar-refractivity contribution is 6.01. The number of nitriles is 1. The predicted molar refractivity (Wildman–Crippen MR) is 75.7 cm³/mol.